The highest BCUT2D eigenvalue weighted by atomic mass is 35.5. The summed E-state index contributed by atoms with van der Waals surface area (Å²) in [6.07, 6.45) is 0. The smallest absolute Gasteiger partial charge is 0.119 e. The van der Waals surface area contributed by atoms with E-state index in [1.165, 1.54) is 5.56 Å². The highest BCUT2D eigenvalue weighted by molar-refractivity contribution is 6.30. The minimum atomic E-state index is 0.471. The minimum absolute atomic E-state index is 0.471. The zero-order valence-electron chi connectivity index (χ0n) is 11.8. The molecule has 0 heterocycles. The van der Waals surface area contributed by atoms with Gasteiger partial charge in [0.25, 0.3) is 0 Å². The van der Waals surface area contributed by atoms with Gasteiger partial charge in [0.05, 0.1) is 7.11 Å². The van der Waals surface area contributed by atoms with Crippen LogP contribution in [0.1, 0.15) is 11.1 Å². The second-order valence-electron chi connectivity index (χ2n) is 4.68. The molecule has 0 aromatic heterocycles. The zero-order valence-corrected chi connectivity index (χ0v) is 12.5. The van der Waals surface area contributed by atoms with Crippen molar-refractivity contribution < 1.29 is 4.74 Å². The molecule has 106 valence electrons. The van der Waals surface area contributed by atoms with Crippen LogP contribution in [0.15, 0.2) is 42.5 Å². The number of nitrogens with zero attached hydrogens (tertiary/aromatic N) is 1. The van der Waals surface area contributed by atoms with E-state index in [4.69, 9.17) is 22.1 Å². The fourth-order valence-electron chi connectivity index (χ4n) is 2.22. The second-order valence-corrected chi connectivity index (χ2v) is 5.12. The Morgan fingerprint density at radius 1 is 1.20 bits per heavy atom. The van der Waals surface area contributed by atoms with E-state index in [-0.39, 0.29) is 0 Å². The molecule has 0 radical (unpaired) electrons. The molecule has 0 unspecified atom stereocenters. The zero-order chi connectivity index (χ0) is 14.5. The Labute approximate surface area is 124 Å². The third kappa shape index (κ3) is 3.44. The normalized spacial score (nSPS) is 10.4. The van der Waals surface area contributed by atoms with Crippen LogP contribution in [0.5, 0.6) is 5.75 Å². The maximum Gasteiger partial charge on any atom is 0.119 e. The highest BCUT2D eigenvalue weighted by Gasteiger charge is 2.08. The van der Waals surface area contributed by atoms with Crippen molar-refractivity contribution >= 4 is 17.3 Å². The van der Waals surface area contributed by atoms with Gasteiger partial charge in [-0.1, -0.05) is 23.7 Å². The summed E-state index contributed by atoms with van der Waals surface area (Å²) in [4.78, 5) is 2.16. The molecule has 0 fully saturated rings. The topological polar surface area (TPSA) is 38.5 Å². The van der Waals surface area contributed by atoms with Gasteiger partial charge < -0.3 is 15.4 Å². The van der Waals surface area contributed by atoms with Gasteiger partial charge in [-0.3, -0.25) is 0 Å². The lowest BCUT2D eigenvalue weighted by Crippen LogP contribution is -2.19. The van der Waals surface area contributed by atoms with Crippen molar-refractivity contribution in [2.45, 2.75) is 13.1 Å². The van der Waals surface area contributed by atoms with Crippen LogP contribution in [0.2, 0.25) is 5.02 Å². The molecule has 0 saturated heterocycles. The molecule has 0 aliphatic rings. The summed E-state index contributed by atoms with van der Waals surface area (Å²) in [6, 6.07) is 13.9. The number of ether oxygens (including phenoxy) is 1. The summed E-state index contributed by atoms with van der Waals surface area (Å²) in [5.74, 6) is 0.867. The van der Waals surface area contributed by atoms with E-state index in [1.807, 2.05) is 43.4 Å². The molecule has 0 amide bonds. The molecular weight excluding hydrogens is 272 g/mol. The van der Waals surface area contributed by atoms with Gasteiger partial charge in [0.15, 0.2) is 0 Å². The molecule has 3 nitrogen and oxygen atoms in total. The van der Waals surface area contributed by atoms with Crippen molar-refractivity contribution in [3.05, 3.63) is 58.6 Å². The first-order valence-corrected chi connectivity index (χ1v) is 6.84. The van der Waals surface area contributed by atoms with Crippen LogP contribution in [0, 0.1) is 0 Å². The number of anilines is 1. The van der Waals surface area contributed by atoms with Crippen LogP contribution in [0.4, 0.5) is 5.69 Å². The number of nitrogens with two attached hydrogens (primary N) is 1. The van der Waals surface area contributed by atoms with Gasteiger partial charge in [-0.25, -0.2) is 0 Å². The quantitative estimate of drug-likeness (QED) is 0.917. The number of rotatable bonds is 5. The van der Waals surface area contributed by atoms with Crippen LogP contribution >= 0.6 is 11.6 Å². The van der Waals surface area contributed by atoms with E-state index in [0.717, 1.165) is 23.5 Å². The molecule has 0 bridgehead atoms. The highest BCUT2D eigenvalue weighted by Crippen LogP contribution is 2.25. The van der Waals surface area contributed by atoms with Gasteiger partial charge in [0.2, 0.25) is 0 Å². The summed E-state index contributed by atoms with van der Waals surface area (Å²) in [5.41, 5.74) is 9.12. The molecule has 20 heavy (non-hydrogen) atoms. The first-order chi connectivity index (χ1) is 9.63. The standard InChI is InChI=1S/C16H19ClN2O/c1-19(11-12-4-3-5-15(8-12)20-2)16-7-6-14(17)9-13(16)10-18/h3-9H,10-11,18H2,1-2H3. The SMILES string of the molecule is COc1cccc(CN(C)c2ccc(Cl)cc2CN)c1. The largest absolute Gasteiger partial charge is 0.497 e. The van der Waals surface area contributed by atoms with Crippen LogP contribution < -0.4 is 15.4 Å². The fourth-order valence-corrected chi connectivity index (χ4v) is 2.41. The predicted molar refractivity (Wildman–Crippen MR) is 84.4 cm³/mol. The number of hydrogen-bond donors (Lipinski definition) is 1. The summed E-state index contributed by atoms with van der Waals surface area (Å²) in [5, 5.41) is 0.712. The molecule has 0 atom stereocenters. The van der Waals surface area contributed by atoms with Crippen molar-refractivity contribution in [2.75, 3.05) is 19.1 Å². The average Bonchev–Trinajstić information content (AvgIpc) is 2.47. The molecule has 0 aliphatic heterocycles. The third-order valence-corrected chi connectivity index (χ3v) is 3.46. The summed E-state index contributed by atoms with van der Waals surface area (Å²) < 4.78 is 5.25. The Morgan fingerprint density at radius 3 is 2.70 bits per heavy atom. The summed E-state index contributed by atoms with van der Waals surface area (Å²) in [7, 11) is 3.72. The average molecular weight is 291 g/mol. The molecule has 2 aromatic carbocycles. The van der Waals surface area contributed by atoms with Crippen LogP contribution in [-0.2, 0) is 13.1 Å². The molecule has 2 N–H and O–H groups in total. The van der Waals surface area contributed by atoms with Crippen LogP contribution in [0.3, 0.4) is 0 Å². The Kier molecular flexibility index (Phi) is 4.88. The Hall–Kier alpha value is -1.71. The minimum Gasteiger partial charge on any atom is -0.497 e. The lowest BCUT2D eigenvalue weighted by Gasteiger charge is -2.22. The van der Waals surface area contributed by atoms with E-state index in [9.17, 15) is 0 Å². The fraction of sp³-hybridized carbons (Fsp3) is 0.250. The van der Waals surface area contributed by atoms with Gasteiger partial charge in [-0.15, -0.1) is 0 Å². The van der Waals surface area contributed by atoms with E-state index >= 15 is 0 Å². The van der Waals surface area contributed by atoms with Crippen LogP contribution in [-0.4, -0.2) is 14.2 Å². The molecule has 2 rings (SSSR count). The monoisotopic (exact) mass is 290 g/mol. The van der Waals surface area contributed by atoms with E-state index in [2.05, 4.69) is 11.0 Å². The number of halogens is 1. The van der Waals surface area contributed by atoms with Gasteiger partial charge >= 0.3 is 0 Å². The molecule has 0 spiro atoms. The van der Waals surface area contributed by atoms with Gasteiger partial charge in [0.1, 0.15) is 5.75 Å². The molecular formula is C16H19ClN2O. The lowest BCUT2D eigenvalue weighted by molar-refractivity contribution is 0.414. The third-order valence-electron chi connectivity index (χ3n) is 3.23. The molecule has 2 aromatic rings. The first-order valence-electron chi connectivity index (χ1n) is 6.46. The lowest BCUT2D eigenvalue weighted by atomic mass is 10.1. The number of hydrogen-bond acceptors (Lipinski definition) is 3. The van der Waals surface area contributed by atoms with E-state index in [0.29, 0.717) is 11.6 Å². The number of methoxy groups -OCH3 is 1. The predicted octanol–water partition coefficient (Wildman–Crippen LogP) is 3.44. The number of benzene rings is 2. The Morgan fingerprint density at radius 2 is 2.00 bits per heavy atom. The van der Waals surface area contributed by atoms with E-state index < -0.39 is 0 Å². The van der Waals surface area contributed by atoms with E-state index in [1.54, 1.807) is 7.11 Å². The molecule has 4 heteroatoms. The van der Waals surface area contributed by atoms with Gasteiger partial charge in [0, 0.05) is 30.8 Å². The van der Waals surface area contributed by atoms with Crippen molar-refractivity contribution in [1.29, 1.82) is 0 Å². The molecule has 0 saturated carbocycles. The van der Waals surface area contributed by atoms with Crippen LogP contribution in [0.25, 0.3) is 0 Å². The Balaban J connectivity index is 2.21. The van der Waals surface area contributed by atoms with Crippen molar-refractivity contribution in [3.8, 4) is 5.75 Å². The second kappa shape index (κ2) is 6.64. The Bertz CT molecular complexity index is 586. The summed E-state index contributed by atoms with van der Waals surface area (Å²) >= 11 is 6.01. The van der Waals surface area contributed by atoms with Crippen molar-refractivity contribution in [1.82, 2.24) is 0 Å². The van der Waals surface area contributed by atoms with Gasteiger partial charge in [-0.2, -0.15) is 0 Å². The van der Waals surface area contributed by atoms with Gasteiger partial charge in [-0.05, 0) is 41.5 Å². The van der Waals surface area contributed by atoms with Crippen molar-refractivity contribution in [3.63, 3.8) is 0 Å². The summed E-state index contributed by atoms with van der Waals surface area (Å²) in [6.45, 7) is 1.25. The van der Waals surface area contributed by atoms with Crippen molar-refractivity contribution in [2.24, 2.45) is 5.73 Å². The maximum absolute atomic E-state index is 6.01. The first kappa shape index (κ1) is 14.7. The maximum atomic E-state index is 6.01. The molecule has 0 aliphatic carbocycles.